The summed E-state index contributed by atoms with van der Waals surface area (Å²) in [5.41, 5.74) is 40.8. The Labute approximate surface area is 869 Å². The maximum Gasteiger partial charge on any atom is 0.294 e. The van der Waals surface area contributed by atoms with Gasteiger partial charge in [0.05, 0.1) is 34.4 Å². The summed E-state index contributed by atoms with van der Waals surface area (Å²) < 4.78 is 33.3. The standard InChI is InChI=1S/C31H33N2O.C28H27N2S.C28H29N2.C25H31N2.C22H25N2/c1-20(2)23-12-9-13-24(21(3)4)30(23)33-17-16-32-15-8-7-10-22-18-29-27(19-26(22)31(32)33)25-11-5-6-14-28(25)34-29;1-17(2)20-9-7-10-21(18(3)4)27(20)30-13-12-29-16-19-14-26-24(15-23(19)28(29)30)22-8-5-6-11-25(22)31-26;1-19(2)25-16-23(21-10-6-5-7-11-21)17-26(20(3)4)27(25)30-15-14-29-18-22-12-8-9-13-24(22)28(29)30;1-16(2)20-13-22(17(3)4)24(23(14-20)18(5)6)27-12-11-26-15-19-9-7-8-10-21(19)25(26)27;1-15(2)18-10-7-11-19(16(3)4)21(18)24-13-12-23-14-17-8-5-6-9-20(17)22(23)24/h5-6,9,11-14,16-21H,7-8,10,15H2,1-4H3;5-15,17-18H,16H2,1-4H3;5-17,19-20H,18H2,1-4H3;7-14,16-18H,15H2,1-6H3;5-13,15-16H,14H2,1-4H3/q5*+1. The molecule has 0 saturated heterocycles. The van der Waals surface area contributed by atoms with Crippen LogP contribution in [0.4, 0.5) is 0 Å². The molecule has 146 heavy (non-hydrogen) atoms. The van der Waals surface area contributed by atoms with E-state index < -0.39 is 0 Å². The lowest BCUT2D eigenvalue weighted by Crippen LogP contribution is -2.36. The first kappa shape index (κ1) is 98.0. The third-order valence-corrected chi connectivity index (χ3v) is 32.4. The maximum atomic E-state index is 6.26. The second-order valence-corrected chi connectivity index (χ2v) is 45.9. The van der Waals surface area contributed by atoms with Gasteiger partial charge in [-0.2, -0.15) is 22.8 Å². The maximum absolute atomic E-state index is 6.26. The van der Waals surface area contributed by atoms with Crippen molar-refractivity contribution in [1.82, 2.24) is 22.8 Å². The number of rotatable bonds is 17. The van der Waals surface area contributed by atoms with Gasteiger partial charge in [0, 0.05) is 109 Å². The van der Waals surface area contributed by atoms with E-state index in [9.17, 15) is 0 Å². The zero-order valence-electron chi connectivity index (χ0n) is 89.8. The zero-order chi connectivity index (χ0) is 102. The van der Waals surface area contributed by atoms with E-state index in [1.165, 1.54) is 229 Å². The zero-order valence-corrected chi connectivity index (χ0v) is 90.6. The van der Waals surface area contributed by atoms with E-state index in [1.807, 2.05) is 11.3 Å². The van der Waals surface area contributed by atoms with E-state index in [1.54, 1.807) is 0 Å². The minimum absolute atomic E-state index is 0.431. The van der Waals surface area contributed by atoms with Crippen LogP contribution in [0.5, 0.6) is 0 Å². The first-order valence-electron chi connectivity index (χ1n) is 54.0. The van der Waals surface area contributed by atoms with Gasteiger partial charge in [0.25, 0.3) is 29.1 Å². The van der Waals surface area contributed by atoms with Crippen LogP contribution in [0.15, 0.2) is 321 Å². The lowest BCUT2D eigenvalue weighted by molar-refractivity contribution is -0.686. The number of hydrogen-bond donors (Lipinski definition) is 0. The summed E-state index contributed by atoms with van der Waals surface area (Å²) in [4.78, 5) is 0. The van der Waals surface area contributed by atoms with Gasteiger partial charge in [0.15, 0.2) is 0 Å². The fraction of sp³-hybridized carbons (Fsp3) is 0.306. The minimum Gasteiger partial charge on any atom is -0.456 e. The lowest BCUT2D eigenvalue weighted by atomic mass is 9.87. The fourth-order valence-electron chi connectivity index (χ4n) is 23.7. The number of nitrogens with zero attached hydrogens (tertiary/aromatic N) is 10. The first-order chi connectivity index (χ1) is 70.5. The number of imidazole rings is 5. The van der Waals surface area contributed by atoms with Crippen LogP contribution >= 0.6 is 11.3 Å². The number of aryl methyl sites for hydroxylation is 2. The largest absolute Gasteiger partial charge is 0.456 e. The third kappa shape index (κ3) is 17.9. The number of aromatic nitrogens is 10. The van der Waals surface area contributed by atoms with Crippen molar-refractivity contribution in [1.29, 1.82) is 0 Å². The lowest BCUT2D eigenvalue weighted by Gasteiger charge is -2.21. The molecule has 11 nitrogen and oxygen atoms in total. The van der Waals surface area contributed by atoms with E-state index >= 15 is 0 Å². The highest BCUT2D eigenvalue weighted by atomic mass is 32.1. The quantitative estimate of drug-likeness (QED) is 0.0838. The van der Waals surface area contributed by atoms with E-state index in [4.69, 9.17) is 4.42 Å². The summed E-state index contributed by atoms with van der Waals surface area (Å²) in [6, 6.07) is 94.0. The molecule has 12 heteroatoms. The van der Waals surface area contributed by atoms with Gasteiger partial charge >= 0.3 is 0 Å². The smallest absolute Gasteiger partial charge is 0.294 e. The Kier molecular flexibility index (Phi) is 27.1. The summed E-state index contributed by atoms with van der Waals surface area (Å²) in [7, 11) is 0. The van der Waals surface area contributed by atoms with Gasteiger partial charge in [-0.3, -0.25) is 0 Å². The summed E-state index contributed by atoms with van der Waals surface area (Å²) in [6.07, 6.45) is 26.0. The highest BCUT2D eigenvalue weighted by Gasteiger charge is 2.40. The fourth-order valence-corrected chi connectivity index (χ4v) is 24.8. The van der Waals surface area contributed by atoms with E-state index in [2.05, 4.69) is 515 Å². The molecular weight excluding hydrogens is 1800 g/mol. The predicted octanol–water partition coefficient (Wildman–Crippen LogP) is 33.2. The Morgan fingerprint density at radius 1 is 0.233 bits per heavy atom. The number of benzene rings is 13. The molecule has 0 bridgehead atoms. The van der Waals surface area contributed by atoms with Gasteiger partial charge in [-0.15, -0.1) is 11.3 Å². The molecule has 12 heterocycles. The van der Waals surface area contributed by atoms with Crippen molar-refractivity contribution in [3.8, 4) is 96.5 Å². The van der Waals surface area contributed by atoms with Crippen molar-refractivity contribution in [3.05, 3.63) is 406 Å². The highest BCUT2D eigenvalue weighted by molar-refractivity contribution is 7.25. The molecule has 0 N–H and O–H groups in total. The molecule has 7 aromatic heterocycles. The molecule has 0 fully saturated rings. The van der Waals surface area contributed by atoms with Crippen LogP contribution in [0.3, 0.4) is 0 Å². The molecule has 5 aliphatic rings. The summed E-state index contributed by atoms with van der Waals surface area (Å²) in [5, 5.41) is 5.14. The van der Waals surface area contributed by atoms with Crippen molar-refractivity contribution in [2.45, 2.75) is 269 Å². The Balaban J connectivity index is 0.000000108. The van der Waals surface area contributed by atoms with Gasteiger partial charge in [-0.05, 0) is 173 Å². The van der Waals surface area contributed by atoms with Crippen LogP contribution in [-0.4, -0.2) is 22.8 Å². The summed E-state index contributed by atoms with van der Waals surface area (Å²) in [5.74, 6) is 11.7. The predicted molar refractivity (Wildman–Crippen MR) is 607 cm³/mol. The monoisotopic (exact) mass is 1940 g/mol. The molecule has 0 atom stereocenters. The molecule has 0 spiro atoms. The SMILES string of the molecule is CC(C)c1cc(-c2ccccc2)cc(C(C)C)c1-n1cc[n+]2c1-c1ccccc1C2.CC(C)c1cc(C(C)C)c(-n2cc[n+]3c2-c2ccccc2C3)c(C(C)C)c1.CC(C)c1cccc(C(C)C)c1-n1cc[n+]2c1-c1cc3c(cc1C2)sc1ccccc13.CC(C)c1cccc(C(C)C)c1-n1cc[n+]2c1-c1cc3c(cc1CCCC2)oc1ccccc13.CC(C)c1cccc(C(C)C)c1-n1cc[n+]2c1-c1ccccc1C2. The van der Waals surface area contributed by atoms with Gasteiger partial charge in [0.2, 0.25) is 0 Å². The molecule has 0 aliphatic carbocycles. The number of thiophene rings is 1. The molecular formula is C134H145N10OS+5. The molecule has 20 aromatic rings. The average molecular weight is 1940 g/mol. The molecule has 25 rings (SSSR count). The normalized spacial score (nSPS) is 13.0. The van der Waals surface area contributed by atoms with Crippen LogP contribution in [0.2, 0.25) is 0 Å². The van der Waals surface area contributed by atoms with Crippen LogP contribution in [-0.2, 0) is 39.1 Å². The number of furan rings is 1. The number of para-hydroxylation sites is 4. The van der Waals surface area contributed by atoms with Crippen LogP contribution in [0.1, 0.15) is 319 Å². The van der Waals surface area contributed by atoms with Gasteiger partial charge in [-0.1, -0.05) is 340 Å². The molecule has 0 radical (unpaired) electrons. The molecule has 0 saturated carbocycles. The minimum atomic E-state index is 0.431. The highest BCUT2D eigenvalue weighted by Crippen LogP contribution is 2.48. The van der Waals surface area contributed by atoms with Crippen LogP contribution < -0.4 is 22.8 Å². The summed E-state index contributed by atoms with van der Waals surface area (Å²) in [6.45, 7) is 55.5. The number of fused-ring (bicyclic) bond motifs is 21. The molecule has 0 unspecified atom stereocenters. The Morgan fingerprint density at radius 2 is 0.568 bits per heavy atom. The first-order valence-corrected chi connectivity index (χ1v) is 54.9. The Hall–Kier alpha value is -14.1. The molecule has 13 aromatic carbocycles. The van der Waals surface area contributed by atoms with Gasteiger partial charge < -0.3 is 4.42 Å². The van der Waals surface area contributed by atoms with Crippen LogP contribution in [0.25, 0.3) is 139 Å². The Bertz CT molecular complexity index is 8180. The molecule has 0 amide bonds. The van der Waals surface area contributed by atoms with Crippen molar-refractivity contribution in [2.24, 2.45) is 0 Å². The summed E-state index contributed by atoms with van der Waals surface area (Å²) >= 11 is 1.91. The van der Waals surface area contributed by atoms with Gasteiger partial charge in [-0.25, -0.2) is 22.8 Å². The van der Waals surface area contributed by atoms with Crippen molar-refractivity contribution >= 4 is 53.4 Å². The number of hydrogen-bond acceptors (Lipinski definition) is 2. The van der Waals surface area contributed by atoms with E-state index in [0.717, 1.165) is 50.3 Å². The van der Waals surface area contributed by atoms with Crippen LogP contribution in [0, 0.1) is 0 Å². The topological polar surface area (TPSA) is 57.2 Å². The molecule has 5 aliphatic heterocycles. The van der Waals surface area contributed by atoms with Crippen molar-refractivity contribution in [2.75, 3.05) is 0 Å². The third-order valence-electron chi connectivity index (χ3n) is 31.3. The molecule has 738 valence electrons. The van der Waals surface area contributed by atoms with Crippen molar-refractivity contribution < 1.29 is 27.3 Å². The van der Waals surface area contributed by atoms with E-state index in [-0.39, 0.29) is 0 Å². The van der Waals surface area contributed by atoms with E-state index in [0.29, 0.717) is 65.1 Å². The van der Waals surface area contributed by atoms with Crippen molar-refractivity contribution in [3.63, 3.8) is 0 Å². The second-order valence-electron chi connectivity index (χ2n) is 44.8. The van der Waals surface area contributed by atoms with Gasteiger partial charge in [0.1, 0.15) is 128 Å². The second kappa shape index (κ2) is 40.4. The Morgan fingerprint density at radius 3 is 0.986 bits per heavy atom. The average Bonchev–Trinajstić information content (AvgIpc) is 1.58.